The van der Waals surface area contributed by atoms with Gasteiger partial charge in [-0.3, -0.25) is 19.6 Å². The molecule has 4 unspecified atom stereocenters. The molecule has 0 bridgehead atoms. The van der Waals surface area contributed by atoms with Crippen LogP contribution in [0.25, 0.3) is 43.6 Å². The number of methoxy groups -OCH3 is 1. The molecule has 4 amide bonds. The standard InChI is InChI=1S/C21H20BrClN2O2.C21H21ClN2O2.C20H18BrClN2O2.C19H17ClN2O2/c1-12(2)27-21(26)25-9-8-16-17-11-15(23)6-7-18(17)24-19(16)20(25)13-4-3-5-14(22)10-13;1-2-12-26-21(25)24-11-10-16-17-13-15(22)8-9-18(17)23-19(16)20(24)14-6-4-3-5-7-14;1-2-26-20(25)24-9-8-15-16-11-14(22)6-7-17(16)23-18(15)19(24)12-4-3-5-13(21)10-12;1-24-19(23)22-10-9-14-15-11-13(20)7-8-16(15)21-17(14)18(22)12-5-3-2-4-6-12/h3-7,10-12,20,24H,8-9H2,1-2H3;3-9,13,20,23H,2,10-12H2,1H3;3-7,10-11,19,23H,2,8-9H2,1H3;2-8,11,18,21H,9-10H2,1H3. The van der Waals surface area contributed by atoms with Crippen molar-refractivity contribution in [2.75, 3.05) is 46.5 Å². The Bertz CT molecular complexity index is 5100. The van der Waals surface area contributed by atoms with E-state index in [0.29, 0.717) is 49.4 Å². The minimum Gasteiger partial charge on any atom is -0.453 e. The van der Waals surface area contributed by atoms with Crippen LogP contribution in [0.3, 0.4) is 0 Å². The van der Waals surface area contributed by atoms with Crippen molar-refractivity contribution in [2.24, 2.45) is 0 Å². The third kappa shape index (κ3) is 15.4. The Hall–Kier alpha value is -8.88. The molecule has 4 aliphatic rings. The van der Waals surface area contributed by atoms with Crippen LogP contribution in [0.4, 0.5) is 19.2 Å². The number of hydrogen-bond acceptors (Lipinski definition) is 8. The van der Waals surface area contributed by atoms with Gasteiger partial charge in [-0.25, -0.2) is 19.2 Å². The predicted octanol–water partition coefficient (Wildman–Crippen LogP) is 21.6. The highest BCUT2D eigenvalue weighted by atomic mass is 79.9. The molecular formula is C81H76Br2Cl4N8O8. The summed E-state index contributed by atoms with van der Waals surface area (Å²) in [5.41, 5.74) is 17.4. The molecule has 16 rings (SSSR count). The molecule has 8 aromatic carbocycles. The number of nitrogens with zero attached hydrogens (tertiary/aromatic N) is 4. The van der Waals surface area contributed by atoms with Crippen LogP contribution in [0.2, 0.25) is 20.1 Å². The first kappa shape index (κ1) is 72.5. The van der Waals surface area contributed by atoms with Crippen molar-refractivity contribution in [1.29, 1.82) is 0 Å². The number of amides is 4. The van der Waals surface area contributed by atoms with Crippen LogP contribution in [0.5, 0.6) is 0 Å². The predicted molar refractivity (Wildman–Crippen MR) is 416 cm³/mol. The molecule has 0 saturated carbocycles. The number of rotatable bonds is 8. The summed E-state index contributed by atoms with van der Waals surface area (Å²) in [4.78, 5) is 71.7. The molecule has 4 atom stereocenters. The Morgan fingerprint density at radius 1 is 0.417 bits per heavy atom. The number of aromatic nitrogens is 4. The van der Waals surface area contributed by atoms with Gasteiger partial charge in [0.15, 0.2) is 0 Å². The summed E-state index contributed by atoms with van der Waals surface area (Å²) in [6.45, 7) is 10.8. The van der Waals surface area contributed by atoms with E-state index in [1.165, 1.54) is 29.4 Å². The van der Waals surface area contributed by atoms with Crippen LogP contribution >= 0.6 is 78.3 Å². The van der Waals surface area contributed by atoms with E-state index in [9.17, 15) is 19.2 Å². The Morgan fingerprint density at radius 3 is 1.06 bits per heavy atom. The summed E-state index contributed by atoms with van der Waals surface area (Å²) < 4.78 is 23.2. The van der Waals surface area contributed by atoms with Crippen molar-refractivity contribution in [3.63, 3.8) is 0 Å². The SMILES string of the molecule is CC(C)OC(=O)N1CCc2c([nH]c3ccc(Cl)cc23)C1c1cccc(Br)c1.CCCOC(=O)N1CCc2c([nH]c3ccc(Cl)cc23)C1c1ccccc1.CCOC(=O)N1CCc2c([nH]c3ccc(Cl)cc23)C1c1cccc(Br)c1.COC(=O)N1CCc2c([nH]c3ccc(Cl)cc23)C1c1ccccc1. The number of halogens is 6. The van der Waals surface area contributed by atoms with Crippen LogP contribution in [-0.2, 0) is 44.6 Å². The highest BCUT2D eigenvalue weighted by Gasteiger charge is 2.40. The topological polar surface area (TPSA) is 181 Å². The highest BCUT2D eigenvalue weighted by molar-refractivity contribution is 9.10. The monoisotopic (exact) mass is 1590 g/mol. The molecule has 103 heavy (non-hydrogen) atoms. The van der Waals surface area contributed by atoms with Gasteiger partial charge in [-0.15, -0.1) is 0 Å². The van der Waals surface area contributed by atoms with Crippen LogP contribution in [0, 0.1) is 0 Å². The summed E-state index contributed by atoms with van der Waals surface area (Å²) in [5.74, 6) is 0. The molecule has 16 nitrogen and oxygen atoms in total. The summed E-state index contributed by atoms with van der Waals surface area (Å²) >= 11 is 31.9. The molecule has 4 aliphatic heterocycles. The molecule has 530 valence electrons. The average Bonchev–Trinajstić information content (AvgIpc) is 1.66. The van der Waals surface area contributed by atoms with Gasteiger partial charge in [0.05, 0.1) is 26.4 Å². The Morgan fingerprint density at radius 2 is 0.738 bits per heavy atom. The van der Waals surface area contributed by atoms with E-state index in [1.54, 1.807) is 14.7 Å². The Kier molecular flexibility index (Phi) is 22.5. The van der Waals surface area contributed by atoms with Crippen molar-refractivity contribution >= 4 is 146 Å². The normalized spacial score (nSPS) is 16.7. The first-order valence-electron chi connectivity index (χ1n) is 34.4. The summed E-state index contributed by atoms with van der Waals surface area (Å²) in [6.07, 6.45) is 2.56. The van der Waals surface area contributed by atoms with Crippen LogP contribution in [-0.4, -0.2) is 117 Å². The van der Waals surface area contributed by atoms with E-state index in [0.717, 1.165) is 140 Å². The van der Waals surface area contributed by atoms with Gasteiger partial charge in [0.25, 0.3) is 0 Å². The number of carbonyl (C=O) groups is 4. The van der Waals surface area contributed by atoms with Crippen molar-refractivity contribution in [1.82, 2.24) is 39.5 Å². The first-order chi connectivity index (χ1) is 49.9. The number of hydrogen-bond donors (Lipinski definition) is 4. The number of carbonyl (C=O) groups excluding carboxylic acids is 4. The lowest BCUT2D eigenvalue weighted by Crippen LogP contribution is -2.41. The van der Waals surface area contributed by atoms with E-state index in [2.05, 4.69) is 63.9 Å². The largest absolute Gasteiger partial charge is 0.453 e. The second-order valence-electron chi connectivity index (χ2n) is 25.9. The quantitative estimate of drug-likeness (QED) is 0.108. The maximum Gasteiger partial charge on any atom is 0.410 e. The van der Waals surface area contributed by atoms with E-state index < -0.39 is 0 Å². The first-order valence-corrected chi connectivity index (χ1v) is 37.5. The summed E-state index contributed by atoms with van der Waals surface area (Å²) in [5, 5.41) is 7.37. The van der Waals surface area contributed by atoms with Crippen LogP contribution in [0.1, 0.15) is 126 Å². The molecule has 4 N–H and O–H groups in total. The van der Waals surface area contributed by atoms with E-state index in [1.807, 2.05) is 202 Å². The number of aromatic amines is 4. The molecule has 0 spiro atoms. The van der Waals surface area contributed by atoms with Gasteiger partial charge >= 0.3 is 24.4 Å². The van der Waals surface area contributed by atoms with Crippen LogP contribution in [0.15, 0.2) is 191 Å². The van der Waals surface area contributed by atoms with Gasteiger partial charge in [0.1, 0.15) is 24.2 Å². The van der Waals surface area contributed by atoms with Crippen molar-refractivity contribution in [3.05, 3.63) is 278 Å². The smallest absolute Gasteiger partial charge is 0.410 e. The third-order valence-electron chi connectivity index (χ3n) is 19.1. The lowest BCUT2D eigenvalue weighted by Gasteiger charge is -2.36. The summed E-state index contributed by atoms with van der Waals surface area (Å²) in [6, 6.07) is 58.8. The number of nitrogens with one attached hydrogen (secondary N) is 4. The Labute approximate surface area is 634 Å². The number of ether oxygens (including phenoxy) is 4. The van der Waals surface area contributed by atoms with Gasteiger partial charge in [-0.1, -0.05) is 170 Å². The second-order valence-corrected chi connectivity index (χ2v) is 29.4. The van der Waals surface area contributed by atoms with Gasteiger partial charge < -0.3 is 38.9 Å². The zero-order chi connectivity index (χ0) is 72.2. The lowest BCUT2D eigenvalue weighted by atomic mass is 9.93. The maximum absolute atomic E-state index is 12.8. The van der Waals surface area contributed by atoms with Crippen molar-refractivity contribution < 1.29 is 38.1 Å². The van der Waals surface area contributed by atoms with Crippen molar-refractivity contribution in [3.8, 4) is 0 Å². The fourth-order valence-electron chi connectivity index (χ4n) is 14.7. The number of fused-ring (bicyclic) bond motifs is 12. The highest BCUT2D eigenvalue weighted by Crippen LogP contribution is 2.45. The van der Waals surface area contributed by atoms with E-state index in [-0.39, 0.29) is 54.6 Å². The average molecular weight is 1590 g/mol. The number of benzene rings is 8. The van der Waals surface area contributed by atoms with Gasteiger partial charge in [-0.05, 0) is 194 Å². The number of H-pyrrole nitrogens is 4. The fourth-order valence-corrected chi connectivity index (χ4v) is 16.2. The molecule has 8 heterocycles. The lowest BCUT2D eigenvalue weighted by molar-refractivity contribution is 0.0654. The van der Waals surface area contributed by atoms with Gasteiger partial charge in [0, 0.05) is 122 Å². The van der Waals surface area contributed by atoms with Gasteiger partial charge in [0.2, 0.25) is 0 Å². The molecule has 4 aromatic heterocycles. The molecule has 22 heteroatoms. The Balaban J connectivity index is 0.000000122. The summed E-state index contributed by atoms with van der Waals surface area (Å²) in [7, 11) is 1.42. The molecule has 12 aromatic rings. The maximum atomic E-state index is 12.8. The van der Waals surface area contributed by atoms with Crippen LogP contribution < -0.4 is 0 Å². The zero-order valence-corrected chi connectivity index (χ0v) is 63.5. The third-order valence-corrected chi connectivity index (χ3v) is 21.0. The van der Waals surface area contributed by atoms with Gasteiger partial charge in [-0.2, -0.15) is 0 Å². The minimum absolute atomic E-state index is 0.163. The molecular weight excluding hydrogens is 1510 g/mol. The van der Waals surface area contributed by atoms with E-state index in [4.69, 9.17) is 65.4 Å². The van der Waals surface area contributed by atoms with Crippen molar-refractivity contribution in [2.45, 2.75) is 90.1 Å². The second kappa shape index (κ2) is 32.0. The fraction of sp³-hybridized carbons (Fsp3) is 0.259. The minimum atomic E-state index is -0.314. The zero-order valence-electron chi connectivity index (χ0n) is 57.3. The molecule has 0 saturated heterocycles. The van der Waals surface area contributed by atoms with E-state index >= 15 is 0 Å². The molecule has 0 radical (unpaired) electrons. The molecule has 0 aliphatic carbocycles. The molecule has 0 fully saturated rings.